The summed E-state index contributed by atoms with van der Waals surface area (Å²) in [6.07, 6.45) is 3.08. The number of rotatable bonds is 5. The number of piperazine rings is 1. The lowest BCUT2D eigenvalue weighted by atomic mass is 10.1. The summed E-state index contributed by atoms with van der Waals surface area (Å²) < 4.78 is 11.4. The Kier molecular flexibility index (Phi) is 5.73. The molecule has 1 N–H and O–H groups in total. The molecule has 1 aromatic heterocycles. The SMILES string of the molecule is Cc1cc(N2CCN(C(=O)[C@@H](C)OC[C@H]3CCCCO3)CC2)n[nH]1. The molecule has 0 radical (unpaired) electrons. The van der Waals surface area contributed by atoms with E-state index < -0.39 is 6.10 Å². The van der Waals surface area contributed by atoms with Gasteiger partial charge in [-0.2, -0.15) is 5.10 Å². The van der Waals surface area contributed by atoms with Crippen LogP contribution in [0, 0.1) is 6.92 Å². The zero-order valence-electron chi connectivity index (χ0n) is 14.7. The monoisotopic (exact) mass is 336 g/mol. The molecule has 0 unspecified atom stereocenters. The zero-order valence-corrected chi connectivity index (χ0v) is 14.7. The Hall–Kier alpha value is -1.60. The van der Waals surface area contributed by atoms with Crippen LogP contribution in [0.1, 0.15) is 31.9 Å². The van der Waals surface area contributed by atoms with Crippen LogP contribution >= 0.6 is 0 Å². The molecular weight excluding hydrogens is 308 g/mol. The van der Waals surface area contributed by atoms with Gasteiger partial charge in [0.15, 0.2) is 5.82 Å². The molecule has 1 aromatic rings. The fourth-order valence-corrected chi connectivity index (χ4v) is 3.24. The van der Waals surface area contributed by atoms with E-state index in [1.54, 1.807) is 0 Å². The Morgan fingerprint density at radius 2 is 2.21 bits per heavy atom. The lowest BCUT2D eigenvalue weighted by Crippen LogP contribution is -2.51. The number of hydrogen-bond acceptors (Lipinski definition) is 5. The van der Waals surface area contributed by atoms with Gasteiger partial charge in [-0.05, 0) is 33.1 Å². The second-order valence-electron chi connectivity index (χ2n) is 6.69. The number of ether oxygens (including phenoxy) is 2. The van der Waals surface area contributed by atoms with Crippen LogP contribution in [0.3, 0.4) is 0 Å². The lowest BCUT2D eigenvalue weighted by molar-refractivity contribution is -0.146. The van der Waals surface area contributed by atoms with Crippen LogP contribution in [0.2, 0.25) is 0 Å². The number of carbonyl (C=O) groups excluding carboxylic acids is 1. The van der Waals surface area contributed by atoms with E-state index in [9.17, 15) is 4.79 Å². The molecule has 0 aliphatic carbocycles. The van der Waals surface area contributed by atoms with Crippen molar-refractivity contribution < 1.29 is 14.3 Å². The predicted octanol–water partition coefficient (Wildman–Crippen LogP) is 1.34. The van der Waals surface area contributed by atoms with Gasteiger partial charge in [0.25, 0.3) is 5.91 Å². The van der Waals surface area contributed by atoms with Crippen LogP contribution in [0.15, 0.2) is 6.07 Å². The van der Waals surface area contributed by atoms with E-state index in [4.69, 9.17) is 9.47 Å². The maximum Gasteiger partial charge on any atom is 0.251 e. The number of carbonyl (C=O) groups is 1. The quantitative estimate of drug-likeness (QED) is 0.879. The predicted molar refractivity (Wildman–Crippen MR) is 91.1 cm³/mol. The molecule has 0 bridgehead atoms. The van der Waals surface area contributed by atoms with Crippen LogP contribution in [0.5, 0.6) is 0 Å². The van der Waals surface area contributed by atoms with Gasteiger partial charge in [-0.3, -0.25) is 9.89 Å². The first-order valence-electron chi connectivity index (χ1n) is 8.92. The van der Waals surface area contributed by atoms with Gasteiger partial charge in [0, 0.05) is 44.5 Å². The largest absolute Gasteiger partial charge is 0.376 e. The molecule has 3 rings (SSSR count). The van der Waals surface area contributed by atoms with Gasteiger partial charge in [-0.25, -0.2) is 0 Å². The molecule has 2 aliphatic rings. The van der Waals surface area contributed by atoms with E-state index in [-0.39, 0.29) is 12.0 Å². The van der Waals surface area contributed by atoms with Crippen molar-refractivity contribution in [3.63, 3.8) is 0 Å². The van der Waals surface area contributed by atoms with Crippen molar-refractivity contribution in [3.8, 4) is 0 Å². The highest BCUT2D eigenvalue weighted by Crippen LogP contribution is 2.16. The standard InChI is InChI=1S/C17H28N4O3/c1-13-11-16(19-18-13)20-6-8-21(9-7-20)17(22)14(2)24-12-15-5-3-4-10-23-15/h11,14-15H,3-10,12H2,1-2H3,(H,18,19)/t14-,15-/m1/s1. The molecule has 0 spiro atoms. The molecule has 2 fully saturated rings. The second kappa shape index (κ2) is 7.98. The van der Waals surface area contributed by atoms with Crippen LogP contribution < -0.4 is 4.90 Å². The number of aryl methyl sites for hydroxylation is 1. The fourth-order valence-electron chi connectivity index (χ4n) is 3.24. The summed E-state index contributed by atoms with van der Waals surface area (Å²) in [5.74, 6) is 1.03. The zero-order chi connectivity index (χ0) is 16.9. The maximum absolute atomic E-state index is 12.5. The van der Waals surface area contributed by atoms with Gasteiger partial charge in [0.05, 0.1) is 12.7 Å². The topological polar surface area (TPSA) is 70.7 Å². The number of anilines is 1. The smallest absolute Gasteiger partial charge is 0.251 e. The molecule has 2 saturated heterocycles. The number of aromatic amines is 1. The first-order valence-corrected chi connectivity index (χ1v) is 8.92. The number of amides is 1. The van der Waals surface area contributed by atoms with Crippen molar-refractivity contribution in [1.29, 1.82) is 0 Å². The van der Waals surface area contributed by atoms with Crippen molar-refractivity contribution in [2.45, 2.75) is 45.3 Å². The van der Waals surface area contributed by atoms with E-state index in [1.807, 2.05) is 24.8 Å². The number of nitrogens with zero attached hydrogens (tertiary/aromatic N) is 3. The minimum Gasteiger partial charge on any atom is -0.376 e. The van der Waals surface area contributed by atoms with E-state index in [0.717, 1.165) is 44.0 Å². The molecule has 7 nitrogen and oxygen atoms in total. The number of aromatic nitrogens is 2. The number of H-pyrrole nitrogens is 1. The molecule has 24 heavy (non-hydrogen) atoms. The van der Waals surface area contributed by atoms with E-state index in [2.05, 4.69) is 15.1 Å². The molecule has 3 heterocycles. The summed E-state index contributed by atoms with van der Waals surface area (Å²) in [5, 5.41) is 7.25. The Bertz CT molecular complexity index is 534. The van der Waals surface area contributed by atoms with Crippen molar-refractivity contribution in [2.75, 3.05) is 44.3 Å². The third-order valence-corrected chi connectivity index (χ3v) is 4.76. The van der Waals surface area contributed by atoms with Crippen LogP contribution in [-0.4, -0.2) is 72.6 Å². The summed E-state index contributed by atoms with van der Waals surface area (Å²) in [6.45, 7) is 8.17. The molecule has 0 aromatic carbocycles. The van der Waals surface area contributed by atoms with Crippen LogP contribution in [0.4, 0.5) is 5.82 Å². The molecule has 134 valence electrons. The van der Waals surface area contributed by atoms with Gasteiger partial charge < -0.3 is 19.3 Å². The lowest BCUT2D eigenvalue weighted by Gasteiger charge is -2.36. The third-order valence-electron chi connectivity index (χ3n) is 4.76. The van der Waals surface area contributed by atoms with E-state index in [1.165, 1.54) is 6.42 Å². The van der Waals surface area contributed by atoms with Gasteiger partial charge in [-0.1, -0.05) is 0 Å². The highest BCUT2D eigenvalue weighted by atomic mass is 16.5. The third kappa shape index (κ3) is 4.27. The molecular formula is C17H28N4O3. The average Bonchev–Trinajstić information content (AvgIpc) is 3.06. The first-order chi connectivity index (χ1) is 11.6. The van der Waals surface area contributed by atoms with Gasteiger partial charge >= 0.3 is 0 Å². The van der Waals surface area contributed by atoms with Crippen molar-refractivity contribution in [3.05, 3.63) is 11.8 Å². The molecule has 2 atom stereocenters. The van der Waals surface area contributed by atoms with Crippen molar-refractivity contribution >= 4 is 11.7 Å². The molecule has 7 heteroatoms. The number of nitrogens with one attached hydrogen (secondary N) is 1. The highest BCUT2D eigenvalue weighted by Gasteiger charge is 2.27. The average molecular weight is 336 g/mol. The second-order valence-corrected chi connectivity index (χ2v) is 6.69. The summed E-state index contributed by atoms with van der Waals surface area (Å²) in [7, 11) is 0. The van der Waals surface area contributed by atoms with Crippen molar-refractivity contribution in [1.82, 2.24) is 15.1 Å². The number of hydrogen-bond donors (Lipinski definition) is 1. The molecule has 2 aliphatic heterocycles. The first kappa shape index (κ1) is 17.2. The molecule has 1 amide bonds. The van der Waals surface area contributed by atoms with E-state index >= 15 is 0 Å². The van der Waals surface area contributed by atoms with Crippen LogP contribution in [-0.2, 0) is 14.3 Å². The summed E-state index contributed by atoms with van der Waals surface area (Å²) in [6, 6.07) is 2.04. The van der Waals surface area contributed by atoms with Crippen molar-refractivity contribution in [2.24, 2.45) is 0 Å². The Balaban J connectivity index is 1.42. The Morgan fingerprint density at radius 1 is 1.42 bits per heavy atom. The maximum atomic E-state index is 12.5. The fraction of sp³-hybridized carbons (Fsp3) is 0.765. The Labute approximate surface area is 143 Å². The summed E-state index contributed by atoms with van der Waals surface area (Å²) >= 11 is 0. The highest BCUT2D eigenvalue weighted by molar-refractivity contribution is 5.80. The Morgan fingerprint density at radius 3 is 2.83 bits per heavy atom. The van der Waals surface area contributed by atoms with E-state index in [0.29, 0.717) is 19.7 Å². The summed E-state index contributed by atoms with van der Waals surface area (Å²) in [4.78, 5) is 16.6. The molecule has 0 saturated carbocycles. The van der Waals surface area contributed by atoms with Gasteiger partial charge in [-0.15, -0.1) is 0 Å². The minimum atomic E-state index is -0.408. The summed E-state index contributed by atoms with van der Waals surface area (Å²) in [5.41, 5.74) is 1.05. The van der Waals surface area contributed by atoms with Crippen LogP contribution in [0.25, 0.3) is 0 Å². The minimum absolute atomic E-state index is 0.0728. The van der Waals surface area contributed by atoms with Gasteiger partial charge in [0.1, 0.15) is 6.10 Å². The normalized spacial score (nSPS) is 23.3. The van der Waals surface area contributed by atoms with Gasteiger partial charge in [0.2, 0.25) is 0 Å².